The number of unbranched alkanes of at least 4 members (excludes halogenated alkanes) is 2. The van der Waals surface area contributed by atoms with E-state index in [9.17, 15) is 36.3 Å². The average molecular weight is 863 g/mol. The van der Waals surface area contributed by atoms with E-state index >= 15 is 0 Å². The number of aldehydes is 1. The lowest BCUT2D eigenvalue weighted by Gasteiger charge is -2.43. The third-order valence-corrected chi connectivity index (χ3v) is 12.0. The summed E-state index contributed by atoms with van der Waals surface area (Å²) in [5.41, 5.74) is 0.540. The Kier molecular flexibility index (Phi) is 13.9. The van der Waals surface area contributed by atoms with E-state index in [4.69, 9.17) is 9.47 Å². The van der Waals surface area contributed by atoms with E-state index in [0.717, 1.165) is 68.8 Å². The van der Waals surface area contributed by atoms with Crippen LogP contribution in [0.4, 0.5) is 27.8 Å². The second-order valence-corrected chi connectivity index (χ2v) is 16.2. The van der Waals surface area contributed by atoms with Crippen LogP contribution in [0.15, 0.2) is 67.1 Å². The minimum atomic E-state index is -4.69. The van der Waals surface area contributed by atoms with Gasteiger partial charge in [-0.25, -0.2) is 4.98 Å². The summed E-state index contributed by atoms with van der Waals surface area (Å²) in [6.45, 7) is 4.21. The van der Waals surface area contributed by atoms with Gasteiger partial charge in [0.05, 0.1) is 47.0 Å². The first-order valence-electron chi connectivity index (χ1n) is 21.1. The highest BCUT2D eigenvalue weighted by atomic mass is 19.4. The average Bonchev–Trinajstić information content (AvgIpc) is 3.58. The van der Waals surface area contributed by atoms with E-state index in [1.54, 1.807) is 42.3 Å². The number of nitrogens with zero attached hydrogens (tertiary/aromatic N) is 6. The molecule has 5 aromatic rings. The van der Waals surface area contributed by atoms with Gasteiger partial charge in [0.1, 0.15) is 11.6 Å². The number of likely N-dealkylation sites (N-methyl/N-ethyl adjacent to an activating group) is 1. The summed E-state index contributed by atoms with van der Waals surface area (Å²) in [5.74, 6) is -0.165. The molecule has 2 aliphatic rings. The van der Waals surface area contributed by atoms with Crippen molar-refractivity contribution in [2.24, 2.45) is 0 Å². The van der Waals surface area contributed by atoms with Crippen LogP contribution in [0.2, 0.25) is 0 Å². The number of pyridine rings is 2. The predicted molar refractivity (Wildman–Crippen MR) is 226 cm³/mol. The zero-order valence-electron chi connectivity index (χ0n) is 35.0. The third kappa shape index (κ3) is 9.76. The molecule has 0 radical (unpaired) electrons. The molecule has 1 amide bonds. The van der Waals surface area contributed by atoms with Gasteiger partial charge < -0.3 is 24.2 Å². The maximum Gasteiger partial charge on any atom is 0.419 e. The number of ketones is 1. The van der Waals surface area contributed by atoms with E-state index in [0.29, 0.717) is 41.4 Å². The fraction of sp³-hybridized carbons (Fsp3) is 0.457. The maximum atomic E-state index is 14.4. The van der Waals surface area contributed by atoms with Crippen LogP contribution in [-0.2, 0) is 15.7 Å². The van der Waals surface area contributed by atoms with Gasteiger partial charge in [-0.1, -0.05) is 25.5 Å². The van der Waals surface area contributed by atoms with Gasteiger partial charge in [0.25, 0.3) is 5.91 Å². The Labute approximate surface area is 356 Å². The van der Waals surface area contributed by atoms with Crippen molar-refractivity contribution in [1.82, 2.24) is 24.3 Å². The Hall–Kier alpha value is -5.48. The van der Waals surface area contributed by atoms with E-state index in [-0.39, 0.29) is 70.5 Å². The first kappa shape index (κ1) is 44.6. The molecule has 7 rings (SSSR count). The van der Waals surface area contributed by atoms with E-state index in [2.05, 4.69) is 14.9 Å². The van der Waals surface area contributed by atoms with Gasteiger partial charge >= 0.3 is 12.7 Å². The molecule has 62 heavy (non-hydrogen) atoms. The Morgan fingerprint density at radius 2 is 1.71 bits per heavy atom. The van der Waals surface area contributed by atoms with E-state index in [1.165, 1.54) is 42.5 Å². The zero-order chi connectivity index (χ0) is 44.1. The Morgan fingerprint density at radius 1 is 0.935 bits per heavy atom. The summed E-state index contributed by atoms with van der Waals surface area (Å²) >= 11 is 0. The van der Waals surface area contributed by atoms with Crippen LogP contribution in [0.3, 0.4) is 0 Å². The smallest absolute Gasteiger partial charge is 0.419 e. The molecule has 1 atom stereocenters. The number of aromatic nitrogens is 3. The van der Waals surface area contributed by atoms with Gasteiger partial charge in [0.15, 0.2) is 12.1 Å². The summed E-state index contributed by atoms with van der Waals surface area (Å²) in [7, 11) is 1.58. The lowest BCUT2D eigenvalue weighted by molar-refractivity contribution is -0.137. The van der Waals surface area contributed by atoms with Crippen molar-refractivity contribution >= 4 is 45.6 Å². The van der Waals surface area contributed by atoms with E-state index < -0.39 is 24.3 Å². The normalized spacial score (nSPS) is 15.9. The van der Waals surface area contributed by atoms with Crippen molar-refractivity contribution in [1.29, 1.82) is 0 Å². The fourth-order valence-corrected chi connectivity index (χ4v) is 8.60. The monoisotopic (exact) mass is 862 g/mol. The molecular formula is C46H51F5N6O5. The molecule has 0 N–H and O–H groups in total. The number of fused-ring (bicyclic) bond motifs is 3. The highest BCUT2D eigenvalue weighted by molar-refractivity contribution is 6.08. The highest BCUT2D eigenvalue weighted by Gasteiger charge is 2.40. The second kappa shape index (κ2) is 19.3. The predicted octanol–water partition coefficient (Wildman–Crippen LogP) is 9.23. The summed E-state index contributed by atoms with van der Waals surface area (Å²) in [6, 6.07) is 11.5. The molecular weight excluding hydrogens is 812 g/mol. The number of hydrogen-bond acceptors (Lipinski definition) is 9. The summed E-state index contributed by atoms with van der Waals surface area (Å²) in [6.07, 6.45) is 5.67. The first-order valence-corrected chi connectivity index (χ1v) is 21.1. The molecule has 0 aliphatic carbocycles. The number of carbonyl (C=O) groups excluding carboxylic acids is 3. The summed E-state index contributed by atoms with van der Waals surface area (Å²) in [5, 5.41) is 1.06. The zero-order valence-corrected chi connectivity index (χ0v) is 35.0. The van der Waals surface area contributed by atoms with Crippen molar-refractivity contribution < 1.29 is 45.8 Å². The Balaban J connectivity index is 0.840. The summed E-state index contributed by atoms with van der Waals surface area (Å²) < 4.78 is 84.7. The standard InChI is InChI=1S/C46H51F5N6O5/c1-4-8-40(29(2)59)54(3)44(60)36-12-10-34(21-32(36)28-58)61-20-7-5-6-17-55-18-14-33(15-19-55)62-35-26-56(27-35)43-39(46(49,50)51)22-31(24-53-43)30-9-11-37-38-25-52-16-13-41(38)57(45(47)48)42(37)23-30/h9-13,16,21-25,28,33,35,40,45H,4-8,14-15,17-20,26-27H2,1-3H3. The van der Waals surface area contributed by atoms with Crippen molar-refractivity contribution in [3.05, 3.63) is 83.8 Å². The molecule has 11 nitrogen and oxygen atoms in total. The SMILES string of the molecule is CCCC(C(C)=O)N(C)C(=O)c1ccc(OCCCCCN2CCC(OC3CN(c4ncc(-c5ccc6c7cnccc7n(C(F)F)c6c5)cc4C(F)(F)F)C3)CC2)cc1C=O. The number of amides is 1. The number of alkyl halides is 5. The van der Waals surface area contributed by atoms with Crippen LogP contribution >= 0.6 is 0 Å². The molecule has 330 valence electrons. The minimum absolute atomic E-state index is 0.0176. The van der Waals surface area contributed by atoms with Gasteiger partial charge in [0.2, 0.25) is 0 Å². The Bertz CT molecular complexity index is 2390. The summed E-state index contributed by atoms with van der Waals surface area (Å²) in [4.78, 5) is 50.7. The fourth-order valence-electron chi connectivity index (χ4n) is 8.60. The third-order valence-electron chi connectivity index (χ3n) is 12.0. The number of ether oxygens (including phenoxy) is 2. The number of likely N-dealkylation sites (tertiary alicyclic amines) is 1. The van der Waals surface area contributed by atoms with Crippen molar-refractivity contribution in [2.45, 2.75) is 89.8 Å². The van der Waals surface area contributed by atoms with Crippen molar-refractivity contribution in [3.8, 4) is 16.9 Å². The molecule has 3 aromatic heterocycles. The van der Waals surface area contributed by atoms with Crippen LogP contribution in [0.25, 0.3) is 32.9 Å². The molecule has 0 bridgehead atoms. The molecule has 16 heteroatoms. The molecule has 1 unspecified atom stereocenters. The number of rotatable bonds is 18. The minimum Gasteiger partial charge on any atom is -0.494 e. The number of benzene rings is 2. The second-order valence-electron chi connectivity index (χ2n) is 16.2. The molecule has 2 fully saturated rings. The topological polar surface area (TPSA) is 110 Å². The molecule has 0 spiro atoms. The molecule has 5 heterocycles. The number of hydrogen-bond donors (Lipinski definition) is 0. The largest absolute Gasteiger partial charge is 0.494 e. The van der Waals surface area contributed by atoms with Crippen LogP contribution < -0.4 is 9.64 Å². The van der Waals surface area contributed by atoms with Crippen LogP contribution in [0.1, 0.15) is 91.6 Å². The van der Waals surface area contributed by atoms with Crippen LogP contribution in [0, 0.1) is 0 Å². The maximum absolute atomic E-state index is 14.4. The van der Waals surface area contributed by atoms with Crippen molar-refractivity contribution in [2.75, 3.05) is 51.3 Å². The molecule has 2 saturated heterocycles. The van der Waals surface area contributed by atoms with Gasteiger partial charge in [-0.15, -0.1) is 0 Å². The first-order chi connectivity index (χ1) is 29.8. The number of Topliss-reactive ketones (excluding diaryl/α,β-unsaturated/α-hetero) is 1. The number of halogens is 5. The number of piperidine rings is 1. The molecule has 2 aliphatic heterocycles. The van der Waals surface area contributed by atoms with E-state index in [1.807, 2.05) is 6.92 Å². The van der Waals surface area contributed by atoms with Crippen molar-refractivity contribution in [3.63, 3.8) is 0 Å². The van der Waals surface area contributed by atoms with Gasteiger partial charge in [-0.3, -0.25) is 23.9 Å². The van der Waals surface area contributed by atoms with Crippen LogP contribution in [-0.4, -0.2) is 107 Å². The Morgan fingerprint density at radius 3 is 2.40 bits per heavy atom. The highest BCUT2D eigenvalue weighted by Crippen LogP contribution is 2.41. The van der Waals surface area contributed by atoms with Gasteiger partial charge in [-0.05, 0) is 94.0 Å². The van der Waals surface area contributed by atoms with Gasteiger partial charge in [0, 0.05) is 73.7 Å². The van der Waals surface area contributed by atoms with Crippen LogP contribution in [0.5, 0.6) is 5.75 Å². The quantitative estimate of drug-likeness (QED) is 0.0484. The number of carbonyl (C=O) groups is 3. The molecule has 0 saturated carbocycles. The lowest BCUT2D eigenvalue weighted by atomic mass is 10.0. The number of anilines is 1. The molecule has 2 aromatic carbocycles. The van der Waals surface area contributed by atoms with Gasteiger partial charge in [-0.2, -0.15) is 22.0 Å². The lowest BCUT2D eigenvalue weighted by Crippen LogP contribution is -2.55.